The number of benzene rings is 1. The van der Waals surface area contributed by atoms with Crippen molar-refractivity contribution in [2.75, 3.05) is 18.5 Å². The maximum atomic E-state index is 12.3. The van der Waals surface area contributed by atoms with Gasteiger partial charge in [0.25, 0.3) is 5.56 Å². The van der Waals surface area contributed by atoms with Gasteiger partial charge in [0.1, 0.15) is 5.56 Å². The quantitative estimate of drug-likeness (QED) is 0.830. The van der Waals surface area contributed by atoms with Crippen LogP contribution >= 0.6 is 11.6 Å². The number of hydrogen-bond donors (Lipinski definition) is 2. The summed E-state index contributed by atoms with van der Waals surface area (Å²) in [7, 11) is 0. The van der Waals surface area contributed by atoms with Crippen LogP contribution in [0.5, 0.6) is 0 Å². The highest BCUT2D eigenvalue weighted by Crippen LogP contribution is 2.32. The van der Waals surface area contributed by atoms with Gasteiger partial charge in [-0.2, -0.15) is 0 Å². The number of aromatic nitrogens is 1. The molecule has 1 aliphatic rings. The molecule has 0 bridgehead atoms. The van der Waals surface area contributed by atoms with E-state index in [0.29, 0.717) is 22.1 Å². The zero-order valence-corrected chi connectivity index (χ0v) is 13.0. The van der Waals surface area contributed by atoms with Gasteiger partial charge in [0.15, 0.2) is 0 Å². The van der Waals surface area contributed by atoms with Crippen LogP contribution in [0.2, 0.25) is 5.02 Å². The van der Waals surface area contributed by atoms with E-state index >= 15 is 0 Å². The molecule has 22 heavy (non-hydrogen) atoms. The summed E-state index contributed by atoms with van der Waals surface area (Å²) in [5.74, 6) is -0.0208. The average molecular weight is 321 g/mol. The fraction of sp³-hybridized carbons (Fsp3) is 0.375. The zero-order chi connectivity index (χ0) is 15.7. The van der Waals surface area contributed by atoms with Gasteiger partial charge in [-0.25, -0.2) is 4.79 Å². The van der Waals surface area contributed by atoms with E-state index < -0.39 is 11.5 Å². The number of anilines is 1. The third kappa shape index (κ3) is 2.81. The van der Waals surface area contributed by atoms with Crippen molar-refractivity contribution in [1.29, 1.82) is 0 Å². The summed E-state index contributed by atoms with van der Waals surface area (Å²) in [6.07, 6.45) is 2.34. The molecule has 0 atom stereocenters. The molecule has 1 aliphatic carbocycles. The monoisotopic (exact) mass is 320 g/mol. The van der Waals surface area contributed by atoms with E-state index in [-0.39, 0.29) is 12.2 Å². The topological polar surface area (TPSA) is 71.2 Å². The van der Waals surface area contributed by atoms with Crippen LogP contribution in [0.25, 0.3) is 10.9 Å². The van der Waals surface area contributed by atoms with Crippen molar-refractivity contribution in [1.82, 2.24) is 4.98 Å². The molecule has 2 N–H and O–H groups in total. The molecule has 5 nitrogen and oxygen atoms in total. The van der Waals surface area contributed by atoms with Crippen LogP contribution in [0.15, 0.2) is 23.0 Å². The maximum absolute atomic E-state index is 12.3. The average Bonchev–Trinajstić information content (AvgIpc) is 3.30. The molecule has 1 fully saturated rings. The number of rotatable bonds is 5. The lowest BCUT2D eigenvalue weighted by molar-refractivity contribution is 0.0525. The van der Waals surface area contributed by atoms with Crippen molar-refractivity contribution in [3.8, 4) is 0 Å². The minimum absolute atomic E-state index is 0.0114. The smallest absolute Gasteiger partial charge is 0.345 e. The number of fused-ring (bicyclic) bond motifs is 1. The Balaban J connectivity index is 2.17. The van der Waals surface area contributed by atoms with E-state index in [4.69, 9.17) is 16.3 Å². The minimum atomic E-state index is -0.621. The molecule has 0 spiro atoms. The van der Waals surface area contributed by atoms with Gasteiger partial charge in [-0.1, -0.05) is 23.7 Å². The predicted octanol–water partition coefficient (Wildman–Crippen LogP) is 3.18. The van der Waals surface area contributed by atoms with Crippen LogP contribution in [0.3, 0.4) is 0 Å². The second-order valence-corrected chi connectivity index (χ2v) is 5.82. The summed E-state index contributed by atoms with van der Waals surface area (Å²) >= 11 is 6.16. The van der Waals surface area contributed by atoms with Gasteiger partial charge < -0.3 is 15.0 Å². The molecule has 116 valence electrons. The highest BCUT2D eigenvalue weighted by molar-refractivity contribution is 6.35. The normalized spacial score (nSPS) is 14.1. The lowest BCUT2D eigenvalue weighted by Crippen LogP contribution is -2.23. The van der Waals surface area contributed by atoms with Gasteiger partial charge in [-0.05, 0) is 31.7 Å². The Bertz CT molecular complexity index is 781. The SMILES string of the molecule is CCOC(=O)c1c(NCC2CC2)c2cccc(Cl)c2[nH]c1=O. The molecule has 0 amide bonds. The Morgan fingerprint density at radius 1 is 1.45 bits per heavy atom. The molecule has 6 heteroatoms. The molecule has 0 unspecified atom stereocenters. The van der Waals surface area contributed by atoms with E-state index in [0.717, 1.165) is 11.9 Å². The molecule has 1 saturated carbocycles. The molecule has 1 aromatic carbocycles. The number of carbonyl (C=O) groups is 1. The van der Waals surface area contributed by atoms with Gasteiger partial charge in [0.05, 0.1) is 22.8 Å². The second-order valence-electron chi connectivity index (χ2n) is 5.41. The first-order valence-corrected chi connectivity index (χ1v) is 7.75. The first kappa shape index (κ1) is 14.9. The lowest BCUT2D eigenvalue weighted by atomic mass is 10.1. The molecule has 3 rings (SSSR count). The molecule has 1 heterocycles. The number of pyridine rings is 1. The summed E-state index contributed by atoms with van der Waals surface area (Å²) in [6.45, 7) is 2.66. The Morgan fingerprint density at radius 3 is 2.91 bits per heavy atom. The lowest BCUT2D eigenvalue weighted by Gasteiger charge is -2.14. The van der Waals surface area contributed by atoms with E-state index in [1.165, 1.54) is 12.8 Å². The fourth-order valence-corrected chi connectivity index (χ4v) is 2.66. The minimum Gasteiger partial charge on any atom is -0.462 e. The standard InChI is InChI=1S/C16H17ClN2O3/c1-2-22-16(21)12-14(18-8-9-6-7-9)10-4-3-5-11(17)13(10)19-15(12)20/h3-5,9H,2,6-8H2,1H3,(H2,18,19,20). The molecule has 0 radical (unpaired) electrons. The first-order valence-electron chi connectivity index (χ1n) is 7.37. The van der Waals surface area contributed by atoms with Gasteiger partial charge in [0.2, 0.25) is 0 Å². The highest BCUT2D eigenvalue weighted by Gasteiger charge is 2.25. The van der Waals surface area contributed by atoms with Crippen molar-refractivity contribution in [3.05, 3.63) is 39.1 Å². The molecular formula is C16H17ClN2O3. The number of hydrogen-bond acceptors (Lipinski definition) is 4. The fourth-order valence-electron chi connectivity index (χ4n) is 2.43. The molecule has 0 saturated heterocycles. The van der Waals surface area contributed by atoms with Crippen molar-refractivity contribution >= 4 is 34.2 Å². The Morgan fingerprint density at radius 2 is 2.23 bits per heavy atom. The van der Waals surface area contributed by atoms with Crippen molar-refractivity contribution < 1.29 is 9.53 Å². The van der Waals surface area contributed by atoms with Gasteiger partial charge >= 0.3 is 5.97 Å². The van der Waals surface area contributed by atoms with Crippen molar-refractivity contribution in [2.45, 2.75) is 19.8 Å². The van der Waals surface area contributed by atoms with Gasteiger partial charge in [-0.15, -0.1) is 0 Å². The Labute approximate surface area is 132 Å². The van der Waals surface area contributed by atoms with Crippen LogP contribution in [-0.4, -0.2) is 24.1 Å². The van der Waals surface area contributed by atoms with E-state index in [1.54, 1.807) is 19.1 Å². The summed E-state index contributed by atoms with van der Waals surface area (Å²) in [6, 6.07) is 5.32. The molecule has 0 aliphatic heterocycles. The van der Waals surface area contributed by atoms with Crippen LogP contribution in [-0.2, 0) is 4.74 Å². The number of carbonyl (C=O) groups excluding carboxylic acids is 1. The van der Waals surface area contributed by atoms with E-state index in [1.807, 2.05) is 6.07 Å². The van der Waals surface area contributed by atoms with E-state index in [9.17, 15) is 9.59 Å². The van der Waals surface area contributed by atoms with Gasteiger partial charge in [0, 0.05) is 11.9 Å². The summed E-state index contributed by atoms with van der Waals surface area (Å²) in [5, 5.41) is 4.41. The summed E-state index contributed by atoms with van der Waals surface area (Å²) in [5.41, 5.74) is 0.557. The number of halogens is 1. The first-order chi connectivity index (χ1) is 10.6. The maximum Gasteiger partial charge on any atom is 0.345 e. The largest absolute Gasteiger partial charge is 0.462 e. The Hall–Kier alpha value is -2.01. The summed E-state index contributed by atoms with van der Waals surface area (Å²) in [4.78, 5) is 27.2. The molecule has 2 aromatic rings. The molecular weight excluding hydrogens is 304 g/mol. The highest BCUT2D eigenvalue weighted by atomic mass is 35.5. The second kappa shape index (κ2) is 6.01. The molecule has 1 aromatic heterocycles. The number of aromatic amines is 1. The predicted molar refractivity (Wildman–Crippen MR) is 86.7 cm³/mol. The van der Waals surface area contributed by atoms with Crippen molar-refractivity contribution in [3.63, 3.8) is 0 Å². The number of para-hydroxylation sites is 1. The van der Waals surface area contributed by atoms with Crippen molar-refractivity contribution in [2.24, 2.45) is 5.92 Å². The third-order valence-electron chi connectivity index (χ3n) is 3.74. The summed E-state index contributed by atoms with van der Waals surface area (Å²) < 4.78 is 5.02. The third-order valence-corrected chi connectivity index (χ3v) is 4.06. The Kier molecular flexibility index (Phi) is 4.07. The zero-order valence-electron chi connectivity index (χ0n) is 12.2. The number of ether oxygens (including phenoxy) is 1. The number of H-pyrrole nitrogens is 1. The number of esters is 1. The van der Waals surface area contributed by atoms with Crippen LogP contribution in [0, 0.1) is 5.92 Å². The van der Waals surface area contributed by atoms with Crippen LogP contribution in [0.1, 0.15) is 30.1 Å². The van der Waals surface area contributed by atoms with Crippen LogP contribution < -0.4 is 10.9 Å². The number of nitrogens with one attached hydrogen (secondary N) is 2. The van der Waals surface area contributed by atoms with Gasteiger partial charge in [-0.3, -0.25) is 4.79 Å². The van der Waals surface area contributed by atoms with Crippen LogP contribution in [0.4, 0.5) is 5.69 Å². The van der Waals surface area contributed by atoms with E-state index in [2.05, 4.69) is 10.3 Å².